The number of carbonyl (C=O) groups is 1. The van der Waals surface area contributed by atoms with E-state index in [1.807, 2.05) is 4.90 Å². The Bertz CT molecular complexity index is 990. The van der Waals surface area contributed by atoms with Crippen molar-refractivity contribution in [2.75, 3.05) is 46.4 Å². The fraction of sp³-hybridized carbons (Fsp3) is 0.458. The van der Waals surface area contributed by atoms with Gasteiger partial charge in [0.15, 0.2) is 0 Å². The number of rotatable bonds is 8. The molecule has 2 aromatic carbocycles. The molecule has 1 atom stereocenters. The summed E-state index contributed by atoms with van der Waals surface area (Å²) in [6.45, 7) is 2.53. The molecule has 0 N–H and O–H groups in total. The highest BCUT2D eigenvalue weighted by Gasteiger charge is 2.37. The lowest BCUT2D eigenvalue weighted by Gasteiger charge is -2.36. The largest absolute Gasteiger partial charge is 0.468 e. The van der Waals surface area contributed by atoms with Crippen LogP contribution in [0, 0.1) is 0 Å². The van der Waals surface area contributed by atoms with Gasteiger partial charge in [0.2, 0.25) is 0 Å². The van der Waals surface area contributed by atoms with Crippen LogP contribution in [0.4, 0.5) is 26.3 Å². The number of halogens is 7. The molecule has 0 spiro atoms. The molecule has 12 heteroatoms. The summed E-state index contributed by atoms with van der Waals surface area (Å²) in [4.78, 5) is 15.5. The first-order chi connectivity index (χ1) is 16.8. The second kappa shape index (κ2) is 11.9. The van der Waals surface area contributed by atoms with Gasteiger partial charge in [0.1, 0.15) is 0 Å². The van der Waals surface area contributed by atoms with Crippen molar-refractivity contribution in [3.05, 3.63) is 69.2 Å². The third kappa shape index (κ3) is 8.19. The summed E-state index contributed by atoms with van der Waals surface area (Å²) in [5, 5.41) is 0. The zero-order valence-corrected chi connectivity index (χ0v) is 20.9. The molecule has 0 bridgehead atoms. The monoisotopic (exact) mass is 582 g/mol. The maximum atomic E-state index is 13.2. The van der Waals surface area contributed by atoms with Crippen LogP contribution in [0.2, 0.25) is 0 Å². The predicted molar refractivity (Wildman–Crippen MR) is 123 cm³/mol. The van der Waals surface area contributed by atoms with Gasteiger partial charge in [0.05, 0.1) is 37.5 Å². The van der Waals surface area contributed by atoms with Crippen molar-refractivity contribution in [3.63, 3.8) is 0 Å². The van der Waals surface area contributed by atoms with Crippen LogP contribution < -0.4 is 0 Å². The summed E-state index contributed by atoms with van der Waals surface area (Å²) >= 11 is 3.35. The molecule has 0 radical (unpaired) electrons. The quantitative estimate of drug-likeness (QED) is 0.302. The number of alkyl halides is 6. The summed E-state index contributed by atoms with van der Waals surface area (Å²) in [5.74, 6) is -0.334. The highest BCUT2D eigenvalue weighted by molar-refractivity contribution is 9.10. The maximum Gasteiger partial charge on any atom is 0.416 e. The molecular formula is C24H25BrF6N2O3. The Labute approximate surface area is 213 Å². The summed E-state index contributed by atoms with van der Waals surface area (Å²) < 4.78 is 90.8. The number of hydrogen-bond acceptors (Lipinski definition) is 5. The van der Waals surface area contributed by atoms with Gasteiger partial charge in [-0.25, -0.2) is 0 Å². The number of hydrogen-bond donors (Lipinski definition) is 0. The Morgan fingerprint density at radius 3 is 1.94 bits per heavy atom. The van der Waals surface area contributed by atoms with Crippen LogP contribution in [0.15, 0.2) is 46.9 Å². The number of nitrogens with zero attached hydrogens (tertiary/aromatic N) is 2. The van der Waals surface area contributed by atoms with E-state index in [0.717, 1.165) is 10.0 Å². The van der Waals surface area contributed by atoms with Crippen LogP contribution in [-0.4, -0.2) is 62.1 Å². The van der Waals surface area contributed by atoms with E-state index in [1.165, 1.54) is 7.11 Å². The normalized spacial score (nSPS) is 16.7. The molecule has 0 amide bonds. The van der Waals surface area contributed by atoms with Gasteiger partial charge in [-0.1, -0.05) is 28.1 Å². The predicted octanol–water partition coefficient (Wildman–Crippen LogP) is 5.54. The van der Waals surface area contributed by atoms with Crippen molar-refractivity contribution in [2.24, 2.45) is 0 Å². The minimum Gasteiger partial charge on any atom is -0.468 e. The molecule has 1 saturated heterocycles. The number of ether oxygens (including phenoxy) is 2. The molecule has 36 heavy (non-hydrogen) atoms. The Balaban J connectivity index is 1.75. The lowest BCUT2D eigenvalue weighted by Crippen LogP contribution is -2.49. The van der Waals surface area contributed by atoms with Crippen molar-refractivity contribution < 1.29 is 40.6 Å². The van der Waals surface area contributed by atoms with Crippen LogP contribution in [-0.2, 0) is 33.2 Å². The molecule has 0 aromatic heterocycles. The van der Waals surface area contributed by atoms with E-state index >= 15 is 0 Å². The van der Waals surface area contributed by atoms with Gasteiger partial charge in [-0.05, 0) is 41.5 Å². The Morgan fingerprint density at radius 2 is 1.44 bits per heavy atom. The zero-order chi connectivity index (χ0) is 26.5. The fourth-order valence-electron chi connectivity index (χ4n) is 3.84. The van der Waals surface area contributed by atoms with Crippen LogP contribution >= 0.6 is 15.9 Å². The molecule has 0 saturated carbocycles. The number of esters is 1. The van der Waals surface area contributed by atoms with Gasteiger partial charge in [-0.3, -0.25) is 14.6 Å². The molecule has 1 aliphatic heterocycles. The maximum absolute atomic E-state index is 13.2. The molecule has 5 nitrogen and oxygen atoms in total. The Morgan fingerprint density at radius 1 is 0.917 bits per heavy atom. The van der Waals surface area contributed by atoms with Gasteiger partial charge >= 0.3 is 18.3 Å². The van der Waals surface area contributed by atoms with Crippen molar-refractivity contribution in [1.29, 1.82) is 0 Å². The van der Waals surface area contributed by atoms with Gasteiger partial charge < -0.3 is 9.47 Å². The summed E-state index contributed by atoms with van der Waals surface area (Å²) in [5.41, 5.74) is -2.24. The Kier molecular flexibility index (Phi) is 9.42. The molecule has 3 rings (SSSR count). The second-order valence-electron chi connectivity index (χ2n) is 8.42. The average molecular weight is 583 g/mol. The topological polar surface area (TPSA) is 42.0 Å². The number of methoxy groups -OCH3 is 1. The standard InChI is InChI=1S/C24H25BrF6N2O3/c1-35-22(34)14-33-8-6-32(7-9-33)13-21(17-2-4-20(25)5-3-17)36-15-16-10-18(23(26,27)28)12-19(11-16)24(29,30)31/h2-5,10-12,21H,6-9,13-15H2,1H3. The van der Waals surface area contributed by atoms with E-state index < -0.39 is 36.2 Å². The van der Waals surface area contributed by atoms with Gasteiger partial charge in [0, 0.05) is 37.2 Å². The molecule has 1 aliphatic rings. The molecule has 2 aromatic rings. The van der Waals surface area contributed by atoms with E-state index in [-0.39, 0.29) is 24.1 Å². The van der Waals surface area contributed by atoms with Gasteiger partial charge in [-0.2, -0.15) is 26.3 Å². The van der Waals surface area contributed by atoms with Crippen LogP contribution in [0.25, 0.3) is 0 Å². The smallest absolute Gasteiger partial charge is 0.416 e. The molecule has 0 aliphatic carbocycles. The number of carbonyl (C=O) groups excluding carboxylic acids is 1. The van der Waals surface area contributed by atoms with E-state index in [1.54, 1.807) is 24.3 Å². The van der Waals surface area contributed by atoms with Crippen molar-refractivity contribution >= 4 is 21.9 Å². The first-order valence-electron chi connectivity index (χ1n) is 11.0. The summed E-state index contributed by atoms with van der Waals surface area (Å²) in [6, 6.07) is 8.60. The lowest BCUT2D eigenvalue weighted by molar-refractivity contribution is -0.144. The zero-order valence-electron chi connectivity index (χ0n) is 19.3. The van der Waals surface area contributed by atoms with E-state index in [4.69, 9.17) is 4.74 Å². The van der Waals surface area contributed by atoms with Crippen molar-refractivity contribution in [2.45, 2.75) is 25.1 Å². The Hall–Kier alpha value is -2.15. The lowest BCUT2D eigenvalue weighted by atomic mass is 10.0. The van der Waals surface area contributed by atoms with Crippen LogP contribution in [0.5, 0.6) is 0 Å². The minimum absolute atomic E-state index is 0.101. The summed E-state index contributed by atoms with van der Waals surface area (Å²) in [7, 11) is 1.32. The van der Waals surface area contributed by atoms with Crippen LogP contribution in [0.1, 0.15) is 28.4 Å². The molecule has 1 fully saturated rings. The van der Waals surface area contributed by atoms with E-state index in [0.29, 0.717) is 44.9 Å². The highest BCUT2D eigenvalue weighted by Crippen LogP contribution is 2.37. The number of benzene rings is 2. The first-order valence-corrected chi connectivity index (χ1v) is 11.8. The van der Waals surface area contributed by atoms with E-state index in [2.05, 4.69) is 25.6 Å². The summed E-state index contributed by atoms with van der Waals surface area (Å²) in [6.07, 6.45) is -10.5. The van der Waals surface area contributed by atoms with Crippen molar-refractivity contribution in [3.8, 4) is 0 Å². The molecule has 198 valence electrons. The minimum atomic E-state index is -4.93. The first kappa shape index (κ1) is 28.4. The van der Waals surface area contributed by atoms with Crippen molar-refractivity contribution in [1.82, 2.24) is 9.80 Å². The molecule has 1 heterocycles. The fourth-order valence-corrected chi connectivity index (χ4v) is 4.11. The van der Waals surface area contributed by atoms with Gasteiger partial charge in [0.25, 0.3) is 0 Å². The number of piperazine rings is 1. The highest BCUT2D eigenvalue weighted by atomic mass is 79.9. The third-order valence-corrected chi connectivity index (χ3v) is 6.34. The average Bonchev–Trinajstić information content (AvgIpc) is 2.82. The molecule has 1 unspecified atom stereocenters. The SMILES string of the molecule is COC(=O)CN1CCN(CC(OCc2cc(C(F)(F)F)cc(C(F)(F)F)c2)c2ccc(Br)cc2)CC1. The third-order valence-electron chi connectivity index (χ3n) is 5.81. The van der Waals surface area contributed by atoms with Gasteiger partial charge in [-0.15, -0.1) is 0 Å². The van der Waals surface area contributed by atoms with Crippen LogP contribution in [0.3, 0.4) is 0 Å². The molecular weight excluding hydrogens is 558 g/mol. The van der Waals surface area contributed by atoms with E-state index in [9.17, 15) is 31.1 Å². The second-order valence-corrected chi connectivity index (χ2v) is 9.33.